The number of anilines is 1. The van der Waals surface area contributed by atoms with Gasteiger partial charge in [-0.25, -0.2) is 4.79 Å². The summed E-state index contributed by atoms with van der Waals surface area (Å²) in [6, 6.07) is 9.97. The lowest BCUT2D eigenvalue weighted by molar-refractivity contribution is 0.244. The number of nitrogens with two attached hydrogens (primary N) is 1. The van der Waals surface area contributed by atoms with Crippen molar-refractivity contribution in [1.29, 1.82) is 0 Å². The molecule has 2 amide bonds. The van der Waals surface area contributed by atoms with E-state index in [4.69, 9.17) is 5.73 Å². The average Bonchev–Trinajstić information content (AvgIpc) is 3.34. The van der Waals surface area contributed by atoms with Gasteiger partial charge in [0.1, 0.15) is 6.17 Å². The Bertz CT molecular complexity index is 857. The number of amides is 2. The van der Waals surface area contributed by atoms with Crippen LogP contribution in [0.15, 0.2) is 58.9 Å². The second-order valence-electron chi connectivity index (χ2n) is 6.58. The topological polar surface area (TPSA) is 82.4 Å². The van der Waals surface area contributed by atoms with E-state index in [0.29, 0.717) is 6.54 Å². The monoisotopic (exact) mass is 381 g/mol. The van der Waals surface area contributed by atoms with Crippen LogP contribution < -0.4 is 26.6 Å². The zero-order valence-electron chi connectivity index (χ0n) is 14.9. The third-order valence-electron chi connectivity index (χ3n) is 4.64. The van der Waals surface area contributed by atoms with Crippen LogP contribution in [-0.2, 0) is 6.54 Å². The predicted octanol–water partition coefficient (Wildman–Crippen LogP) is 2.57. The molecule has 2 aromatic rings. The molecular weight excluding hydrogens is 358 g/mol. The summed E-state index contributed by atoms with van der Waals surface area (Å²) in [5.74, 6) is 0. The van der Waals surface area contributed by atoms with Crippen LogP contribution in [0.4, 0.5) is 10.5 Å². The smallest absolute Gasteiger partial charge is 0.327 e. The lowest BCUT2D eigenvalue weighted by Gasteiger charge is -2.29. The quantitative estimate of drug-likeness (QED) is 0.556. The van der Waals surface area contributed by atoms with E-state index < -0.39 is 0 Å². The van der Waals surface area contributed by atoms with Gasteiger partial charge in [0.15, 0.2) is 0 Å². The summed E-state index contributed by atoms with van der Waals surface area (Å²) in [7, 11) is 0. The molecule has 2 aliphatic heterocycles. The van der Waals surface area contributed by atoms with E-state index >= 15 is 0 Å². The molecule has 6 nitrogen and oxygen atoms in total. The lowest BCUT2D eigenvalue weighted by Crippen LogP contribution is -2.51. The third kappa shape index (κ3) is 3.90. The van der Waals surface area contributed by atoms with Crippen molar-refractivity contribution in [3.05, 3.63) is 70.1 Å². The Kier molecular flexibility index (Phi) is 5.24. The minimum Gasteiger partial charge on any atom is -0.361 e. The molecular formula is C20H23N5OS. The van der Waals surface area contributed by atoms with Gasteiger partial charge in [-0.2, -0.15) is 11.3 Å². The standard InChI is InChI=1S/C20H23N5OS/c21-7-1-8-22-11-14-2-4-17(5-3-14)25-12-16-10-18(15-6-9-27-13-15)23-19(16)24-20(25)26/h2-6,9-10,12-13,19,22-23H,1,7-8,11,21H2,(H,24,26). The van der Waals surface area contributed by atoms with Crippen molar-refractivity contribution in [2.45, 2.75) is 19.1 Å². The molecule has 0 bridgehead atoms. The largest absolute Gasteiger partial charge is 0.361 e. The van der Waals surface area contributed by atoms with Crippen molar-refractivity contribution in [2.75, 3.05) is 18.0 Å². The zero-order chi connectivity index (χ0) is 18.6. The number of hydrogen-bond acceptors (Lipinski definition) is 5. The number of carbonyl (C=O) groups is 1. The van der Waals surface area contributed by atoms with E-state index in [-0.39, 0.29) is 12.2 Å². The van der Waals surface area contributed by atoms with Gasteiger partial charge in [0.25, 0.3) is 0 Å². The van der Waals surface area contributed by atoms with Crippen LogP contribution in [-0.4, -0.2) is 25.3 Å². The fraction of sp³-hybridized carbons (Fsp3) is 0.250. The van der Waals surface area contributed by atoms with Gasteiger partial charge in [0, 0.05) is 35.0 Å². The first-order chi connectivity index (χ1) is 13.2. The normalized spacial score (nSPS) is 18.5. The molecule has 0 saturated carbocycles. The van der Waals surface area contributed by atoms with Gasteiger partial charge in [0.2, 0.25) is 0 Å². The number of urea groups is 1. The van der Waals surface area contributed by atoms with Gasteiger partial charge in [0.05, 0.1) is 5.69 Å². The van der Waals surface area contributed by atoms with Crippen molar-refractivity contribution >= 4 is 28.8 Å². The van der Waals surface area contributed by atoms with Gasteiger partial charge in [-0.15, -0.1) is 0 Å². The van der Waals surface area contributed by atoms with Crippen LogP contribution in [0.25, 0.3) is 5.70 Å². The number of thiophene rings is 1. The summed E-state index contributed by atoms with van der Waals surface area (Å²) in [4.78, 5) is 14.2. The maximum Gasteiger partial charge on any atom is 0.327 e. The molecule has 0 radical (unpaired) electrons. The highest BCUT2D eigenvalue weighted by atomic mass is 32.1. The molecule has 4 rings (SSSR count). The molecule has 27 heavy (non-hydrogen) atoms. The Morgan fingerprint density at radius 3 is 2.78 bits per heavy atom. The Labute approximate surface area is 162 Å². The predicted molar refractivity (Wildman–Crippen MR) is 110 cm³/mol. The Balaban J connectivity index is 1.47. The van der Waals surface area contributed by atoms with E-state index in [1.54, 1.807) is 16.2 Å². The van der Waals surface area contributed by atoms with Crippen LogP contribution in [0, 0.1) is 0 Å². The molecule has 1 aromatic heterocycles. The van der Waals surface area contributed by atoms with E-state index in [1.165, 1.54) is 5.56 Å². The molecule has 0 fully saturated rings. The molecule has 1 aromatic carbocycles. The zero-order valence-corrected chi connectivity index (χ0v) is 15.8. The summed E-state index contributed by atoms with van der Waals surface area (Å²) >= 11 is 1.66. The van der Waals surface area contributed by atoms with Crippen molar-refractivity contribution in [2.24, 2.45) is 5.73 Å². The minimum absolute atomic E-state index is 0.134. The number of hydrogen-bond donors (Lipinski definition) is 4. The van der Waals surface area contributed by atoms with Crippen molar-refractivity contribution in [1.82, 2.24) is 16.0 Å². The van der Waals surface area contributed by atoms with Crippen LogP contribution in [0.2, 0.25) is 0 Å². The van der Waals surface area contributed by atoms with E-state index in [0.717, 1.165) is 42.0 Å². The average molecular weight is 382 g/mol. The number of nitrogens with one attached hydrogen (secondary N) is 3. The highest BCUT2D eigenvalue weighted by molar-refractivity contribution is 7.08. The molecule has 5 N–H and O–H groups in total. The third-order valence-corrected chi connectivity index (χ3v) is 5.33. The van der Waals surface area contributed by atoms with Crippen LogP contribution in [0.5, 0.6) is 0 Å². The van der Waals surface area contributed by atoms with Gasteiger partial charge >= 0.3 is 6.03 Å². The first kappa shape index (κ1) is 17.8. The minimum atomic E-state index is -0.172. The first-order valence-corrected chi connectivity index (χ1v) is 10.0. The van der Waals surface area contributed by atoms with Gasteiger partial charge in [-0.3, -0.25) is 4.90 Å². The van der Waals surface area contributed by atoms with Gasteiger partial charge in [-0.05, 0) is 54.7 Å². The van der Waals surface area contributed by atoms with Crippen molar-refractivity contribution < 1.29 is 4.79 Å². The second-order valence-corrected chi connectivity index (χ2v) is 7.36. The fourth-order valence-electron chi connectivity index (χ4n) is 3.17. The molecule has 140 valence electrons. The van der Waals surface area contributed by atoms with Gasteiger partial charge < -0.3 is 21.7 Å². The van der Waals surface area contributed by atoms with Crippen molar-refractivity contribution in [3.8, 4) is 0 Å². The number of fused-ring (bicyclic) bond motifs is 1. The molecule has 0 aliphatic carbocycles. The Morgan fingerprint density at radius 1 is 1.19 bits per heavy atom. The second kappa shape index (κ2) is 7.96. The summed E-state index contributed by atoms with van der Waals surface area (Å²) < 4.78 is 0. The Morgan fingerprint density at radius 2 is 2.04 bits per heavy atom. The molecule has 2 aliphatic rings. The summed E-state index contributed by atoms with van der Waals surface area (Å²) in [5, 5.41) is 13.9. The number of benzene rings is 1. The molecule has 3 heterocycles. The summed E-state index contributed by atoms with van der Waals surface area (Å²) in [6.45, 7) is 2.40. The molecule has 1 atom stereocenters. The van der Waals surface area contributed by atoms with E-state index in [9.17, 15) is 4.79 Å². The fourth-order valence-corrected chi connectivity index (χ4v) is 3.83. The summed E-state index contributed by atoms with van der Waals surface area (Å²) in [5.41, 5.74) is 10.8. The number of nitrogens with zero attached hydrogens (tertiary/aromatic N) is 1. The summed E-state index contributed by atoms with van der Waals surface area (Å²) in [6.07, 6.45) is 4.80. The highest BCUT2D eigenvalue weighted by Gasteiger charge is 2.31. The maximum atomic E-state index is 12.5. The van der Waals surface area contributed by atoms with E-state index in [2.05, 4.69) is 33.5 Å². The van der Waals surface area contributed by atoms with Crippen LogP contribution in [0.1, 0.15) is 17.5 Å². The van der Waals surface area contributed by atoms with Crippen LogP contribution >= 0.6 is 11.3 Å². The maximum absolute atomic E-state index is 12.5. The molecule has 7 heteroatoms. The molecule has 1 unspecified atom stereocenters. The SMILES string of the molecule is NCCCNCc1ccc(N2C=C3C=C(c4ccsc4)NC3NC2=O)cc1. The highest BCUT2D eigenvalue weighted by Crippen LogP contribution is 2.28. The Hall–Kier alpha value is -2.61. The van der Waals surface area contributed by atoms with Crippen molar-refractivity contribution in [3.63, 3.8) is 0 Å². The molecule has 0 saturated heterocycles. The first-order valence-electron chi connectivity index (χ1n) is 9.06. The van der Waals surface area contributed by atoms with Crippen LogP contribution in [0.3, 0.4) is 0 Å². The lowest BCUT2D eigenvalue weighted by atomic mass is 10.1. The van der Waals surface area contributed by atoms with Gasteiger partial charge in [-0.1, -0.05) is 12.1 Å². The van der Waals surface area contributed by atoms with E-state index in [1.807, 2.05) is 35.8 Å². The number of carbonyl (C=O) groups excluding carboxylic acids is 1. The number of rotatable bonds is 7. The molecule has 0 spiro atoms.